The van der Waals surface area contributed by atoms with Gasteiger partial charge in [-0.25, -0.2) is 4.99 Å². The van der Waals surface area contributed by atoms with E-state index in [9.17, 15) is 4.79 Å². The fraction of sp³-hybridized carbons (Fsp3) is 0.0909. The first-order chi connectivity index (χ1) is 13.9. The number of nitrogens with one attached hydrogen (secondary N) is 1. The predicted octanol–water partition coefficient (Wildman–Crippen LogP) is 6.76. The van der Waals surface area contributed by atoms with E-state index in [1.54, 1.807) is 30.3 Å². The second-order valence-electron chi connectivity index (χ2n) is 6.58. The molecule has 0 bridgehead atoms. The second-order valence-corrected chi connectivity index (χ2v) is 8.45. The maximum Gasteiger partial charge on any atom is 0.264 e. The maximum atomic E-state index is 12.3. The van der Waals surface area contributed by atoms with Gasteiger partial charge in [0.1, 0.15) is 11.5 Å². The van der Waals surface area contributed by atoms with Crippen LogP contribution in [0.25, 0.3) is 17.4 Å². The van der Waals surface area contributed by atoms with E-state index in [0.717, 1.165) is 16.8 Å². The van der Waals surface area contributed by atoms with Gasteiger partial charge in [-0.15, -0.1) is 0 Å². The zero-order chi connectivity index (χ0) is 20.5. The monoisotopic (exact) mass is 442 g/mol. The minimum atomic E-state index is -0.208. The number of thioether (sulfide) groups is 1. The number of halogens is 2. The number of benzene rings is 2. The summed E-state index contributed by atoms with van der Waals surface area (Å²) in [5.74, 6) is 0.946. The Kier molecular flexibility index (Phi) is 5.54. The van der Waals surface area contributed by atoms with Crippen molar-refractivity contribution in [2.24, 2.45) is 4.99 Å². The fourth-order valence-corrected chi connectivity index (χ4v) is 4.11. The molecule has 4 rings (SSSR count). The predicted molar refractivity (Wildman–Crippen MR) is 121 cm³/mol. The Morgan fingerprint density at radius 2 is 1.86 bits per heavy atom. The number of amides is 1. The maximum absolute atomic E-state index is 12.3. The van der Waals surface area contributed by atoms with Crippen LogP contribution in [-0.2, 0) is 4.79 Å². The molecule has 1 saturated heterocycles. The average Bonchev–Trinajstić information content (AvgIpc) is 3.25. The number of carbonyl (C=O) groups is 1. The smallest absolute Gasteiger partial charge is 0.264 e. The lowest BCUT2D eigenvalue weighted by molar-refractivity contribution is -0.115. The SMILES string of the molecule is Cc1ccc(N=C2NC(=O)/C(=C/c3ccc(-c4ccc(Cl)cc4Cl)o3)S2)cc1C. The standard InChI is InChI=1S/C22H16Cl2N2O2S/c1-12-3-5-15(9-13(12)2)25-22-26-21(27)20(29-22)11-16-6-8-19(28-16)17-7-4-14(23)10-18(17)24/h3-11H,1-2H3,(H,25,26,27)/b20-11-. The minimum Gasteiger partial charge on any atom is -0.457 e. The number of furan rings is 1. The quantitative estimate of drug-likeness (QED) is 0.455. The van der Waals surface area contributed by atoms with Gasteiger partial charge in [-0.3, -0.25) is 4.79 Å². The highest BCUT2D eigenvalue weighted by Crippen LogP contribution is 2.33. The Bertz CT molecular complexity index is 1180. The van der Waals surface area contributed by atoms with E-state index < -0.39 is 0 Å². The van der Waals surface area contributed by atoms with Crippen molar-refractivity contribution in [2.45, 2.75) is 13.8 Å². The number of carbonyl (C=O) groups excluding carboxylic acids is 1. The summed E-state index contributed by atoms with van der Waals surface area (Å²) in [6.45, 7) is 4.08. The first kappa shape index (κ1) is 19.8. The summed E-state index contributed by atoms with van der Waals surface area (Å²) in [5.41, 5.74) is 3.89. The van der Waals surface area contributed by atoms with Crippen LogP contribution in [0, 0.1) is 13.8 Å². The van der Waals surface area contributed by atoms with Gasteiger partial charge < -0.3 is 9.73 Å². The Balaban J connectivity index is 1.56. The van der Waals surface area contributed by atoms with Crippen LogP contribution < -0.4 is 5.32 Å². The Hall–Kier alpha value is -2.47. The number of aryl methyl sites for hydroxylation is 2. The van der Waals surface area contributed by atoms with Gasteiger partial charge in [0.25, 0.3) is 5.91 Å². The van der Waals surface area contributed by atoms with Gasteiger partial charge in [0, 0.05) is 16.7 Å². The van der Waals surface area contributed by atoms with Gasteiger partial charge >= 0.3 is 0 Å². The third-order valence-corrected chi connectivity index (χ3v) is 5.93. The zero-order valence-electron chi connectivity index (χ0n) is 15.6. The second kappa shape index (κ2) is 8.11. The number of nitrogens with zero attached hydrogens (tertiary/aromatic N) is 1. The molecule has 2 aromatic carbocycles. The van der Waals surface area contributed by atoms with E-state index >= 15 is 0 Å². The minimum absolute atomic E-state index is 0.208. The lowest BCUT2D eigenvalue weighted by Crippen LogP contribution is -2.19. The van der Waals surface area contributed by atoms with Crippen molar-refractivity contribution < 1.29 is 9.21 Å². The van der Waals surface area contributed by atoms with E-state index in [4.69, 9.17) is 27.6 Å². The molecular formula is C22H16Cl2N2O2S. The third kappa shape index (κ3) is 4.42. The molecule has 0 saturated carbocycles. The third-order valence-electron chi connectivity index (χ3n) is 4.47. The summed E-state index contributed by atoms with van der Waals surface area (Å²) in [5, 5.41) is 4.39. The van der Waals surface area contributed by atoms with E-state index in [0.29, 0.717) is 31.6 Å². The topological polar surface area (TPSA) is 54.6 Å². The number of aliphatic imine (C=N–C) groups is 1. The molecule has 1 aliphatic rings. The molecule has 29 heavy (non-hydrogen) atoms. The fourth-order valence-electron chi connectivity index (χ4n) is 2.79. The van der Waals surface area contributed by atoms with Crippen LogP contribution in [0.15, 0.2) is 62.8 Å². The number of hydrogen-bond donors (Lipinski definition) is 1. The van der Waals surface area contributed by atoms with Crippen molar-refractivity contribution in [3.63, 3.8) is 0 Å². The summed E-state index contributed by atoms with van der Waals surface area (Å²) in [4.78, 5) is 17.3. The van der Waals surface area contributed by atoms with Crippen LogP contribution in [0.1, 0.15) is 16.9 Å². The molecule has 0 spiro atoms. The highest BCUT2D eigenvalue weighted by Gasteiger charge is 2.24. The summed E-state index contributed by atoms with van der Waals surface area (Å²) in [6.07, 6.45) is 1.69. The molecule has 146 valence electrons. The molecule has 7 heteroatoms. The molecule has 0 radical (unpaired) electrons. The van der Waals surface area contributed by atoms with Crippen molar-refractivity contribution in [3.05, 3.63) is 80.4 Å². The molecule has 1 fully saturated rings. The number of amidine groups is 1. The molecule has 0 atom stereocenters. The molecule has 1 amide bonds. The first-order valence-electron chi connectivity index (χ1n) is 8.81. The van der Waals surface area contributed by atoms with E-state index in [1.807, 2.05) is 38.1 Å². The van der Waals surface area contributed by atoms with Gasteiger partial charge in [0.2, 0.25) is 0 Å². The Morgan fingerprint density at radius 3 is 2.62 bits per heavy atom. The van der Waals surface area contributed by atoms with Crippen molar-refractivity contribution in [2.75, 3.05) is 0 Å². The lowest BCUT2D eigenvalue weighted by atomic mass is 10.1. The van der Waals surface area contributed by atoms with Gasteiger partial charge in [-0.2, -0.15) is 0 Å². The van der Waals surface area contributed by atoms with Crippen molar-refractivity contribution in [1.29, 1.82) is 0 Å². The van der Waals surface area contributed by atoms with Crippen LogP contribution in [0.4, 0.5) is 5.69 Å². The molecule has 3 aromatic rings. The van der Waals surface area contributed by atoms with Crippen LogP contribution >= 0.6 is 35.0 Å². The van der Waals surface area contributed by atoms with Crippen LogP contribution in [0.3, 0.4) is 0 Å². The highest BCUT2D eigenvalue weighted by molar-refractivity contribution is 8.18. The summed E-state index contributed by atoms with van der Waals surface area (Å²) >= 11 is 13.5. The van der Waals surface area contributed by atoms with Crippen molar-refractivity contribution in [3.8, 4) is 11.3 Å². The zero-order valence-corrected chi connectivity index (χ0v) is 18.0. The summed E-state index contributed by atoms with van der Waals surface area (Å²) in [7, 11) is 0. The Morgan fingerprint density at radius 1 is 1.03 bits per heavy atom. The molecular weight excluding hydrogens is 427 g/mol. The molecule has 2 heterocycles. The summed E-state index contributed by atoms with van der Waals surface area (Å²) < 4.78 is 5.85. The number of rotatable bonds is 3. The van der Waals surface area contributed by atoms with Crippen molar-refractivity contribution in [1.82, 2.24) is 5.32 Å². The molecule has 0 aliphatic carbocycles. The van der Waals surface area contributed by atoms with Crippen LogP contribution in [0.2, 0.25) is 10.0 Å². The lowest BCUT2D eigenvalue weighted by Gasteiger charge is -2.01. The Labute approximate surface area is 182 Å². The largest absolute Gasteiger partial charge is 0.457 e. The van der Waals surface area contributed by atoms with E-state index in [1.165, 1.54) is 17.3 Å². The number of hydrogen-bond acceptors (Lipinski definition) is 4. The van der Waals surface area contributed by atoms with Crippen LogP contribution in [0.5, 0.6) is 0 Å². The first-order valence-corrected chi connectivity index (χ1v) is 10.4. The van der Waals surface area contributed by atoms with Crippen molar-refractivity contribution >= 4 is 57.8 Å². The van der Waals surface area contributed by atoms with E-state index in [-0.39, 0.29) is 5.91 Å². The summed E-state index contributed by atoms with van der Waals surface area (Å²) in [6, 6.07) is 14.7. The normalized spacial score (nSPS) is 16.6. The molecule has 4 nitrogen and oxygen atoms in total. The van der Waals surface area contributed by atoms with Crippen LogP contribution in [-0.4, -0.2) is 11.1 Å². The molecule has 1 aromatic heterocycles. The molecule has 0 unspecified atom stereocenters. The highest BCUT2D eigenvalue weighted by atomic mass is 35.5. The van der Waals surface area contributed by atoms with E-state index in [2.05, 4.69) is 10.3 Å². The molecule has 1 aliphatic heterocycles. The van der Waals surface area contributed by atoms with Gasteiger partial charge in [0.05, 0.1) is 15.6 Å². The van der Waals surface area contributed by atoms with Gasteiger partial charge in [-0.1, -0.05) is 29.3 Å². The average molecular weight is 443 g/mol. The van der Waals surface area contributed by atoms with Gasteiger partial charge in [0.15, 0.2) is 5.17 Å². The molecule has 1 N–H and O–H groups in total. The van der Waals surface area contributed by atoms with Gasteiger partial charge in [-0.05, 0) is 79.2 Å².